The molecule has 0 heterocycles. The molecule has 0 aromatic heterocycles. The summed E-state index contributed by atoms with van der Waals surface area (Å²) in [5.41, 5.74) is 1.12. The smallest absolute Gasteiger partial charge is 0.271 e. The van der Waals surface area contributed by atoms with E-state index >= 15 is 0 Å². The summed E-state index contributed by atoms with van der Waals surface area (Å²) >= 11 is 0. The number of methoxy groups -OCH3 is 1. The topological polar surface area (TPSA) is 90.7 Å². The summed E-state index contributed by atoms with van der Waals surface area (Å²) in [5.74, 6) is 0.528. The summed E-state index contributed by atoms with van der Waals surface area (Å²) in [4.78, 5) is 22.9. The third-order valence-corrected chi connectivity index (χ3v) is 3.58. The normalized spacial score (nSPS) is 11.5. The van der Waals surface area contributed by atoms with E-state index in [2.05, 4.69) is 5.32 Å². The molecule has 0 aliphatic rings. The third-order valence-electron chi connectivity index (χ3n) is 3.58. The Morgan fingerprint density at radius 3 is 2.64 bits per heavy atom. The van der Waals surface area contributed by atoms with Crippen LogP contribution in [0.4, 0.5) is 11.4 Å². The zero-order valence-corrected chi connectivity index (χ0v) is 14.3. The lowest BCUT2D eigenvalue weighted by Crippen LogP contribution is -2.32. The lowest BCUT2D eigenvalue weighted by Gasteiger charge is -2.18. The Labute approximate surface area is 145 Å². The summed E-state index contributed by atoms with van der Waals surface area (Å²) in [6, 6.07) is 11.4. The van der Waals surface area contributed by atoms with E-state index in [9.17, 15) is 14.9 Å². The van der Waals surface area contributed by atoms with Gasteiger partial charge in [-0.25, -0.2) is 0 Å². The number of nitrogens with one attached hydrogen (secondary N) is 1. The number of benzene rings is 2. The van der Waals surface area contributed by atoms with Gasteiger partial charge in [-0.1, -0.05) is 19.1 Å². The molecule has 2 aromatic rings. The number of non-ortho nitro benzene ring substituents is 1. The molecule has 7 heteroatoms. The number of hydrogen-bond donors (Lipinski definition) is 1. The van der Waals surface area contributed by atoms with E-state index in [1.807, 2.05) is 32.0 Å². The Bertz CT molecular complexity index is 776. The number of amides is 1. The molecule has 7 nitrogen and oxygen atoms in total. The zero-order valence-electron chi connectivity index (χ0n) is 14.3. The molecule has 0 saturated carbocycles. The number of nitro groups is 1. The van der Waals surface area contributed by atoms with Crippen molar-refractivity contribution in [2.45, 2.75) is 26.4 Å². The number of aryl methyl sites for hydroxylation is 1. The molecular formula is C18H20N2O5. The highest BCUT2D eigenvalue weighted by atomic mass is 16.6. The van der Waals surface area contributed by atoms with Crippen LogP contribution in [0.2, 0.25) is 0 Å². The maximum absolute atomic E-state index is 12.5. The number of hydrogen-bond acceptors (Lipinski definition) is 5. The molecule has 0 bridgehead atoms. The Morgan fingerprint density at radius 2 is 2.04 bits per heavy atom. The van der Waals surface area contributed by atoms with Gasteiger partial charge in [0.2, 0.25) is 0 Å². The summed E-state index contributed by atoms with van der Waals surface area (Å²) in [6.07, 6.45) is -0.289. The standard InChI is InChI=1S/C18H20N2O5/c1-4-16(25-14-7-5-6-12(2)10-14)18(21)19-15-11-13(20(22)23)8-9-17(15)24-3/h5-11,16H,4H2,1-3H3,(H,19,21). The molecule has 0 radical (unpaired) electrons. The first-order valence-corrected chi connectivity index (χ1v) is 7.81. The van der Waals surface area contributed by atoms with Gasteiger partial charge in [0.25, 0.3) is 11.6 Å². The maximum atomic E-state index is 12.5. The molecule has 1 unspecified atom stereocenters. The SMILES string of the molecule is CCC(Oc1cccc(C)c1)C(=O)Nc1cc([N+](=O)[O-])ccc1OC. The van der Waals surface area contributed by atoms with Crippen molar-refractivity contribution in [3.63, 3.8) is 0 Å². The van der Waals surface area contributed by atoms with Gasteiger partial charge in [0.1, 0.15) is 11.5 Å². The first-order chi connectivity index (χ1) is 11.9. The minimum absolute atomic E-state index is 0.135. The molecule has 1 atom stereocenters. The maximum Gasteiger partial charge on any atom is 0.271 e. The molecule has 1 amide bonds. The number of rotatable bonds is 7. The van der Waals surface area contributed by atoms with Crippen LogP contribution in [0, 0.1) is 17.0 Å². The molecule has 2 rings (SSSR count). The Balaban J connectivity index is 2.18. The lowest BCUT2D eigenvalue weighted by atomic mass is 10.2. The van der Waals surface area contributed by atoms with Crippen LogP contribution in [0.5, 0.6) is 11.5 Å². The van der Waals surface area contributed by atoms with Crippen molar-refractivity contribution in [2.75, 3.05) is 12.4 Å². The molecule has 0 aliphatic carbocycles. The second-order valence-electron chi connectivity index (χ2n) is 5.46. The Morgan fingerprint density at radius 1 is 1.28 bits per heavy atom. The molecule has 0 aliphatic heterocycles. The molecular weight excluding hydrogens is 324 g/mol. The van der Waals surface area contributed by atoms with Crippen molar-refractivity contribution in [1.82, 2.24) is 0 Å². The summed E-state index contributed by atoms with van der Waals surface area (Å²) in [6.45, 7) is 3.76. The second kappa shape index (κ2) is 8.14. The van der Waals surface area contributed by atoms with E-state index in [-0.39, 0.29) is 11.4 Å². The van der Waals surface area contributed by atoms with E-state index in [0.29, 0.717) is 17.9 Å². The molecule has 0 fully saturated rings. The summed E-state index contributed by atoms with van der Waals surface area (Å²) < 4.78 is 10.9. The minimum Gasteiger partial charge on any atom is -0.495 e. The number of carbonyl (C=O) groups excluding carboxylic acids is 1. The fourth-order valence-electron chi connectivity index (χ4n) is 2.30. The zero-order chi connectivity index (χ0) is 18.4. The van der Waals surface area contributed by atoms with E-state index in [0.717, 1.165) is 5.56 Å². The van der Waals surface area contributed by atoms with Gasteiger partial charge in [0, 0.05) is 12.1 Å². The van der Waals surface area contributed by atoms with Crippen molar-refractivity contribution in [1.29, 1.82) is 0 Å². The molecule has 2 aromatic carbocycles. The largest absolute Gasteiger partial charge is 0.495 e. The lowest BCUT2D eigenvalue weighted by molar-refractivity contribution is -0.384. The van der Waals surface area contributed by atoms with E-state index in [4.69, 9.17) is 9.47 Å². The van der Waals surface area contributed by atoms with Gasteiger partial charge in [-0.3, -0.25) is 14.9 Å². The van der Waals surface area contributed by atoms with Gasteiger partial charge in [-0.15, -0.1) is 0 Å². The predicted molar refractivity (Wildman–Crippen MR) is 94.2 cm³/mol. The van der Waals surface area contributed by atoms with E-state index < -0.39 is 16.9 Å². The summed E-state index contributed by atoms with van der Waals surface area (Å²) in [7, 11) is 1.43. The van der Waals surface area contributed by atoms with Crippen molar-refractivity contribution in [2.24, 2.45) is 0 Å². The average molecular weight is 344 g/mol. The monoisotopic (exact) mass is 344 g/mol. The molecule has 0 saturated heterocycles. The van der Waals surface area contributed by atoms with Crippen LogP contribution in [0.15, 0.2) is 42.5 Å². The molecule has 0 spiro atoms. The Kier molecular flexibility index (Phi) is 5.94. The quantitative estimate of drug-likeness (QED) is 0.611. The van der Waals surface area contributed by atoms with Gasteiger partial charge in [0.05, 0.1) is 17.7 Å². The second-order valence-corrected chi connectivity index (χ2v) is 5.46. The molecule has 1 N–H and O–H groups in total. The van der Waals surface area contributed by atoms with Gasteiger partial charge >= 0.3 is 0 Å². The van der Waals surface area contributed by atoms with Crippen LogP contribution in [0.3, 0.4) is 0 Å². The number of anilines is 1. The van der Waals surface area contributed by atoms with Gasteiger partial charge < -0.3 is 14.8 Å². The van der Waals surface area contributed by atoms with Crippen LogP contribution in [-0.4, -0.2) is 24.0 Å². The van der Waals surface area contributed by atoms with E-state index in [1.165, 1.54) is 25.3 Å². The van der Waals surface area contributed by atoms with Crippen LogP contribution < -0.4 is 14.8 Å². The molecule has 25 heavy (non-hydrogen) atoms. The van der Waals surface area contributed by atoms with Crippen LogP contribution in [0.1, 0.15) is 18.9 Å². The highest BCUT2D eigenvalue weighted by molar-refractivity contribution is 5.96. The number of carbonyl (C=O) groups is 1. The third kappa shape index (κ3) is 4.69. The fraction of sp³-hybridized carbons (Fsp3) is 0.278. The van der Waals surface area contributed by atoms with Crippen molar-refractivity contribution < 1.29 is 19.2 Å². The van der Waals surface area contributed by atoms with Crippen molar-refractivity contribution in [3.8, 4) is 11.5 Å². The van der Waals surface area contributed by atoms with Crippen LogP contribution >= 0.6 is 0 Å². The van der Waals surface area contributed by atoms with Crippen LogP contribution in [-0.2, 0) is 4.79 Å². The fourth-order valence-corrected chi connectivity index (χ4v) is 2.30. The number of ether oxygens (including phenoxy) is 2. The molecule has 132 valence electrons. The minimum atomic E-state index is -0.731. The van der Waals surface area contributed by atoms with Crippen LogP contribution in [0.25, 0.3) is 0 Å². The highest BCUT2D eigenvalue weighted by Gasteiger charge is 2.21. The van der Waals surface area contributed by atoms with Crippen molar-refractivity contribution >= 4 is 17.3 Å². The number of nitrogens with zero attached hydrogens (tertiary/aromatic N) is 1. The first-order valence-electron chi connectivity index (χ1n) is 7.81. The highest BCUT2D eigenvalue weighted by Crippen LogP contribution is 2.29. The first kappa shape index (κ1) is 18.3. The van der Waals surface area contributed by atoms with Crippen molar-refractivity contribution in [3.05, 3.63) is 58.1 Å². The summed E-state index contributed by atoms with van der Waals surface area (Å²) in [5, 5.41) is 13.6. The van der Waals surface area contributed by atoms with E-state index in [1.54, 1.807) is 6.07 Å². The number of nitro benzene ring substituents is 1. The van der Waals surface area contributed by atoms with Gasteiger partial charge in [-0.2, -0.15) is 0 Å². The average Bonchev–Trinajstić information content (AvgIpc) is 2.59. The van der Waals surface area contributed by atoms with Gasteiger partial charge in [0.15, 0.2) is 6.10 Å². The predicted octanol–water partition coefficient (Wildman–Crippen LogP) is 3.71. The van der Waals surface area contributed by atoms with Gasteiger partial charge in [-0.05, 0) is 37.1 Å². The Hall–Kier alpha value is -3.09.